The number of benzene rings is 6. The molecule has 6 aromatic carbocycles. The molecule has 0 unspecified atom stereocenters. The second-order valence-corrected chi connectivity index (χ2v) is 11.9. The van der Waals surface area contributed by atoms with Gasteiger partial charge in [-0.2, -0.15) is 0 Å². The van der Waals surface area contributed by atoms with Crippen molar-refractivity contribution in [2.24, 2.45) is 0 Å². The van der Waals surface area contributed by atoms with Crippen molar-refractivity contribution in [1.82, 2.24) is 4.57 Å². The lowest BCUT2D eigenvalue weighted by Gasteiger charge is -2.26. The molecule has 196 valence electrons. The molecule has 0 bridgehead atoms. The van der Waals surface area contributed by atoms with Crippen molar-refractivity contribution in [2.75, 3.05) is 4.90 Å². The average molecular weight is 545 g/mol. The molecule has 0 saturated heterocycles. The van der Waals surface area contributed by atoms with E-state index in [4.69, 9.17) is 0 Å². The molecule has 2 heterocycles. The highest BCUT2D eigenvalue weighted by atomic mass is 32.1. The van der Waals surface area contributed by atoms with Crippen LogP contribution in [-0.2, 0) is 0 Å². The maximum Gasteiger partial charge on any atom is 0.0542 e. The molecule has 0 spiro atoms. The van der Waals surface area contributed by atoms with Crippen LogP contribution in [0, 0.1) is 13.8 Å². The Hall–Kier alpha value is -4.86. The van der Waals surface area contributed by atoms with E-state index in [1.54, 1.807) is 0 Å². The van der Waals surface area contributed by atoms with Gasteiger partial charge in [0, 0.05) is 53.7 Å². The number of nitrogens with zero attached hydrogens (tertiary/aromatic N) is 2. The summed E-state index contributed by atoms with van der Waals surface area (Å²) in [5.74, 6) is 0. The summed E-state index contributed by atoms with van der Waals surface area (Å²) < 4.78 is 5.02. The van der Waals surface area contributed by atoms with Crippen LogP contribution in [0.1, 0.15) is 11.1 Å². The highest BCUT2D eigenvalue weighted by molar-refractivity contribution is 7.25. The van der Waals surface area contributed by atoms with Crippen LogP contribution in [0.15, 0.2) is 133 Å². The van der Waals surface area contributed by atoms with Crippen LogP contribution < -0.4 is 4.90 Å². The maximum absolute atomic E-state index is 2.39. The van der Waals surface area contributed by atoms with E-state index in [0.717, 1.165) is 17.1 Å². The first-order chi connectivity index (χ1) is 20.1. The van der Waals surface area contributed by atoms with Crippen LogP contribution in [0.2, 0.25) is 0 Å². The highest BCUT2D eigenvalue weighted by Gasteiger charge is 2.18. The molecular formula is C38H28N2S. The van der Waals surface area contributed by atoms with E-state index in [-0.39, 0.29) is 0 Å². The third-order valence-electron chi connectivity index (χ3n) is 8.09. The van der Waals surface area contributed by atoms with Gasteiger partial charge in [-0.15, -0.1) is 11.3 Å². The van der Waals surface area contributed by atoms with Crippen molar-refractivity contribution < 1.29 is 0 Å². The van der Waals surface area contributed by atoms with Crippen LogP contribution in [0.25, 0.3) is 47.7 Å². The summed E-state index contributed by atoms with van der Waals surface area (Å²) in [6, 6.07) is 48.8. The summed E-state index contributed by atoms with van der Waals surface area (Å²) >= 11 is 1.88. The second-order valence-electron chi connectivity index (χ2n) is 10.8. The number of rotatable bonds is 4. The smallest absolute Gasteiger partial charge is 0.0542 e. The summed E-state index contributed by atoms with van der Waals surface area (Å²) in [7, 11) is 0. The van der Waals surface area contributed by atoms with E-state index in [1.165, 1.54) is 58.8 Å². The number of para-hydroxylation sites is 2. The monoisotopic (exact) mass is 544 g/mol. The van der Waals surface area contributed by atoms with Crippen LogP contribution >= 0.6 is 11.3 Å². The molecule has 0 amide bonds. The molecule has 0 fully saturated rings. The number of aromatic nitrogens is 1. The largest absolute Gasteiger partial charge is 0.310 e. The molecule has 2 nitrogen and oxygen atoms in total. The second kappa shape index (κ2) is 9.36. The van der Waals surface area contributed by atoms with Gasteiger partial charge in [-0.25, -0.2) is 0 Å². The number of aryl methyl sites for hydroxylation is 2. The molecule has 8 aromatic rings. The molecule has 8 rings (SSSR count). The number of fused-ring (bicyclic) bond motifs is 6. The van der Waals surface area contributed by atoms with Gasteiger partial charge >= 0.3 is 0 Å². The van der Waals surface area contributed by atoms with Crippen molar-refractivity contribution in [1.29, 1.82) is 0 Å². The Bertz CT molecular complexity index is 2220. The quantitative estimate of drug-likeness (QED) is 0.214. The zero-order chi connectivity index (χ0) is 27.5. The van der Waals surface area contributed by atoms with Gasteiger partial charge < -0.3 is 9.47 Å². The predicted octanol–water partition coefficient (Wildman–Crippen LogP) is 11.2. The van der Waals surface area contributed by atoms with Gasteiger partial charge in [0.1, 0.15) is 0 Å². The van der Waals surface area contributed by atoms with Crippen molar-refractivity contribution in [3.8, 4) is 5.69 Å². The van der Waals surface area contributed by atoms with Crippen LogP contribution in [0.4, 0.5) is 17.1 Å². The van der Waals surface area contributed by atoms with Crippen molar-refractivity contribution >= 4 is 70.4 Å². The lowest BCUT2D eigenvalue weighted by atomic mass is 10.1. The Morgan fingerprint density at radius 2 is 1.07 bits per heavy atom. The highest BCUT2D eigenvalue weighted by Crippen LogP contribution is 2.42. The summed E-state index contributed by atoms with van der Waals surface area (Å²) in [6.45, 7) is 4.31. The van der Waals surface area contributed by atoms with Gasteiger partial charge in [-0.1, -0.05) is 72.3 Å². The first kappa shape index (κ1) is 24.0. The molecule has 0 radical (unpaired) electrons. The Balaban J connectivity index is 1.36. The van der Waals surface area contributed by atoms with Crippen LogP contribution in [0.5, 0.6) is 0 Å². The number of hydrogen-bond acceptors (Lipinski definition) is 2. The third-order valence-corrected chi connectivity index (χ3v) is 9.21. The molecular weight excluding hydrogens is 516 g/mol. The molecule has 0 aliphatic rings. The van der Waals surface area contributed by atoms with Gasteiger partial charge in [0.15, 0.2) is 0 Å². The summed E-state index contributed by atoms with van der Waals surface area (Å²) in [5.41, 5.74) is 9.61. The van der Waals surface area contributed by atoms with E-state index in [0.29, 0.717) is 0 Å². The molecule has 0 aliphatic carbocycles. The van der Waals surface area contributed by atoms with E-state index in [1.807, 2.05) is 11.3 Å². The van der Waals surface area contributed by atoms with Gasteiger partial charge in [-0.3, -0.25) is 0 Å². The fourth-order valence-electron chi connectivity index (χ4n) is 6.11. The number of hydrogen-bond donors (Lipinski definition) is 0. The van der Waals surface area contributed by atoms with Crippen molar-refractivity contribution in [3.05, 3.63) is 145 Å². The topological polar surface area (TPSA) is 8.17 Å². The summed E-state index contributed by atoms with van der Waals surface area (Å²) in [4.78, 5) is 2.39. The minimum absolute atomic E-state index is 1.15. The number of thiophene rings is 1. The summed E-state index contributed by atoms with van der Waals surface area (Å²) in [5, 5.41) is 5.16. The van der Waals surface area contributed by atoms with Crippen molar-refractivity contribution in [3.63, 3.8) is 0 Å². The van der Waals surface area contributed by atoms with E-state index in [9.17, 15) is 0 Å². The van der Waals surface area contributed by atoms with Crippen LogP contribution in [0.3, 0.4) is 0 Å². The minimum atomic E-state index is 1.15. The van der Waals surface area contributed by atoms with E-state index >= 15 is 0 Å². The molecule has 0 atom stereocenters. The van der Waals surface area contributed by atoms with E-state index in [2.05, 4.69) is 157 Å². The average Bonchev–Trinajstić information content (AvgIpc) is 3.53. The molecule has 41 heavy (non-hydrogen) atoms. The first-order valence-corrected chi connectivity index (χ1v) is 14.8. The standard InChI is InChI=1S/C38H28N2S/c1-25-12-15-28(16-13-25)39(30-17-20-33-32-19-14-26(2)22-37(32)41-38(33)24-30)29-18-21-36-34(23-29)31-10-6-7-11-35(31)40(36)27-8-4-3-5-9-27/h3-24H,1-2H3. The Kier molecular flexibility index (Phi) is 5.48. The Morgan fingerprint density at radius 3 is 1.90 bits per heavy atom. The van der Waals surface area contributed by atoms with Gasteiger partial charge in [-0.05, 0) is 86.1 Å². The zero-order valence-electron chi connectivity index (χ0n) is 23.0. The lowest BCUT2D eigenvalue weighted by Crippen LogP contribution is -2.09. The molecule has 0 N–H and O–H groups in total. The van der Waals surface area contributed by atoms with Gasteiger partial charge in [0.25, 0.3) is 0 Å². The fraction of sp³-hybridized carbons (Fsp3) is 0.0526. The first-order valence-electron chi connectivity index (χ1n) is 14.0. The van der Waals surface area contributed by atoms with E-state index < -0.39 is 0 Å². The maximum atomic E-state index is 2.39. The molecule has 0 aliphatic heterocycles. The Morgan fingerprint density at radius 1 is 0.463 bits per heavy atom. The Labute approximate surface area is 243 Å². The fourth-order valence-corrected chi connectivity index (χ4v) is 7.35. The molecule has 3 heteroatoms. The molecule has 2 aromatic heterocycles. The SMILES string of the molecule is Cc1ccc(N(c2ccc3c(c2)sc2cc(C)ccc23)c2ccc3c(c2)c2ccccc2n3-c2ccccc2)cc1. The number of anilines is 3. The minimum Gasteiger partial charge on any atom is -0.310 e. The lowest BCUT2D eigenvalue weighted by molar-refractivity contribution is 1.18. The van der Waals surface area contributed by atoms with Gasteiger partial charge in [0.05, 0.1) is 11.0 Å². The summed E-state index contributed by atoms with van der Waals surface area (Å²) in [6.07, 6.45) is 0. The molecule has 0 saturated carbocycles. The van der Waals surface area contributed by atoms with Gasteiger partial charge in [0.2, 0.25) is 0 Å². The third kappa shape index (κ3) is 3.93. The van der Waals surface area contributed by atoms with Crippen LogP contribution in [-0.4, -0.2) is 4.57 Å². The van der Waals surface area contributed by atoms with Crippen molar-refractivity contribution in [2.45, 2.75) is 13.8 Å². The normalized spacial score (nSPS) is 11.7. The predicted molar refractivity (Wildman–Crippen MR) is 178 cm³/mol. The zero-order valence-corrected chi connectivity index (χ0v) is 23.8.